The van der Waals surface area contributed by atoms with Gasteiger partial charge in [-0.15, -0.1) is 0 Å². The van der Waals surface area contributed by atoms with Gasteiger partial charge in [-0.3, -0.25) is 19.4 Å². The molecule has 0 saturated heterocycles. The van der Waals surface area contributed by atoms with Crippen LogP contribution in [0.2, 0.25) is 5.02 Å². The van der Waals surface area contributed by atoms with Crippen LogP contribution in [0.4, 0.5) is 15.8 Å². The average molecular weight is 618 g/mol. The van der Waals surface area contributed by atoms with E-state index in [1.54, 1.807) is 36.5 Å². The zero-order chi connectivity index (χ0) is 29.9. The summed E-state index contributed by atoms with van der Waals surface area (Å²) in [7, 11) is 1.46. The van der Waals surface area contributed by atoms with Crippen molar-refractivity contribution in [1.29, 1.82) is 0 Å². The van der Waals surface area contributed by atoms with Gasteiger partial charge in [0.15, 0.2) is 11.5 Å². The number of carboxylic acid groups (broad SMARTS) is 1. The van der Waals surface area contributed by atoms with Crippen molar-refractivity contribution >= 4 is 81.2 Å². The Morgan fingerprint density at radius 1 is 0.930 bits per heavy atom. The first-order valence-corrected chi connectivity index (χ1v) is 13.2. The molecule has 3 N–H and O–H groups in total. The molecule has 0 aliphatic heterocycles. The summed E-state index contributed by atoms with van der Waals surface area (Å²) in [4.78, 5) is 41.0. The fourth-order valence-corrected chi connectivity index (χ4v) is 4.45. The molecular formula is C30H26ClFN3NaO7. The molecule has 5 rings (SSSR count). The summed E-state index contributed by atoms with van der Waals surface area (Å²) in [6.45, 7) is -0.0358. The van der Waals surface area contributed by atoms with E-state index in [2.05, 4.69) is 15.6 Å². The first kappa shape index (κ1) is 32.0. The Hall–Kier alpha value is -3.90. The molecule has 0 radical (unpaired) electrons. The molecule has 1 heterocycles. The fraction of sp³-hybridized carbons (Fsp3) is 0.200. The zero-order valence-electron chi connectivity index (χ0n) is 22.3. The van der Waals surface area contributed by atoms with E-state index in [-0.39, 0.29) is 47.6 Å². The summed E-state index contributed by atoms with van der Waals surface area (Å²) in [5.74, 6) is -0.913. The molecule has 2 amide bonds. The van der Waals surface area contributed by atoms with Crippen molar-refractivity contribution < 1.29 is 38.1 Å². The number of halogens is 2. The van der Waals surface area contributed by atoms with Gasteiger partial charge in [-0.2, -0.15) is 0 Å². The van der Waals surface area contributed by atoms with Gasteiger partial charge in [-0.1, -0.05) is 11.6 Å². The van der Waals surface area contributed by atoms with Crippen LogP contribution in [0.3, 0.4) is 0 Å². The molecule has 218 valence electrons. The van der Waals surface area contributed by atoms with Gasteiger partial charge in [0.2, 0.25) is 11.8 Å². The van der Waals surface area contributed by atoms with Crippen LogP contribution in [-0.4, -0.2) is 71.1 Å². The Bertz CT molecular complexity index is 1680. The van der Waals surface area contributed by atoms with Gasteiger partial charge in [0, 0.05) is 29.0 Å². The number of fused-ring (bicyclic) bond motifs is 1. The Kier molecular flexibility index (Phi) is 10.1. The van der Waals surface area contributed by atoms with E-state index in [0.29, 0.717) is 58.1 Å². The van der Waals surface area contributed by atoms with Gasteiger partial charge in [0.25, 0.3) is 0 Å². The number of ether oxygens (including phenoxy) is 3. The summed E-state index contributed by atoms with van der Waals surface area (Å²) < 4.78 is 30.2. The van der Waals surface area contributed by atoms with E-state index in [1.165, 1.54) is 37.4 Å². The SMILES string of the molecule is COc1cc2c(Oc3ccc(NC(=O)C4(C(=O)Nc5ccc(F)cc5)CC4)cc3Cl)ccnc2cc1OCCC(=O)O.[NaH]. The van der Waals surface area contributed by atoms with E-state index in [9.17, 15) is 18.8 Å². The number of rotatable bonds is 11. The number of anilines is 2. The number of hydrogen-bond donors (Lipinski definition) is 3. The van der Waals surface area contributed by atoms with Crippen molar-refractivity contribution in [3.63, 3.8) is 0 Å². The predicted molar refractivity (Wildman–Crippen MR) is 160 cm³/mol. The molecule has 0 spiro atoms. The fourth-order valence-electron chi connectivity index (χ4n) is 4.23. The molecule has 1 aliphatic carbocycles. The van der Waals surface area contributed by atoms with E-state index in [0.717, 1.165) is 0 Å². The number of carbonyl (C=O) groups is 3. The summed E-state index contributed by atoms with van der Waals surface area (Å²) in [5, 5.41) is 15.1. The summed E-state index contributed by atoms with van der Waals surface area (Å²) in [5.41, 5.74) is 0.0735. The number of hydrogen-bond acceptors (Lipinski definition) is 7. The number of carbonyl (C=O) groups excluding carboxylic acids is 2. The van der Waals surface area contributed by atoms with Crippen LogP contribution in [0.5, 0.6) is 23.0 Å². The molecule has 3 aromatic carbocycles. The van der Waals surface area contributed by atoms with Gasteiger partial charge in [-0.05, 0) is 67.4 Å². The molecule has 1 aliphatic rings. The zero-order valence-corrected chi connectivity index (χ0v) is 23.0. The number of nitrogens with zero attached hydrogens (tertiary/aromatic N) is 1. The summed E-state index contributed by atoms with van der Waals surface area (Å²) in [6.07, 6.45) is 2.13. The number of carboxylic acids is 1. The quantitative estimate of drug-likeness (QED) is 0.151. The second-order valence-electron chi connectivity index (χ2n) is 9.57. The summed E-state index contributed by atoms with van der Waals surface area (Å²) in [6, 6.07) is 15.0. The predicted octanol–water partition coefficient (Wildman–Crippen LogP) is 5.39. The van der Waals surface area contributed by atoms with E-state index in [1.807, 2.05) is 0 Å². The Morgan fingerprint density at radius 3 is 2.23 bits per heavy atom. The third-order valence-electron chi connectivity index (χ3n) is 6.69. The van der Waals surface area contributed by atoms with Crippen LogP contribution in [0.25, 0.3) is 10.9 Å². The standard InChI is InChI=1S/C30H25ClFN3O7.Na.H/c1-40-25-15-20-22(16-26(25)41-13-9-27(36)37)33-12-8-23(20)42-24-7-6-19(14-21(24)31)35-29(39)30(10-11-30)28(38)34-18-4-2-17(32)3-5-18;;/h2-8,12,14-16H,9-11,13H2,1H3,(H,34,38)(H,35,39)(H,36,37);;. The molecule has 0 bridgehead atoms. The van der Waals surface area contributed by atoms with E-state index >= 15 is 0 Å². The topological polar surface area (TPSA) is 136 Å². The van der Waals surface area contributed by atoms with Crippen molar-refractivity contribution in [2.45, 2.75) is 19.3 Å². The van der Waals surface area contributed by atoms with Gasteiger partial charge in [0.1, 0.15) is 22.7 Å². The molecular weight excluding hydrogens is 592 g/mol. The Morgan fingerprint density at radius 2 is 1.60 bits per heavy atom. The average Bonchev–Trinajstić information content (AvgIpc) is 3.78. The normalized spacial score (nSPS) is 12.9. The molecule has 0 atom stereocenters. The molecule has 43 heavy (non-hydrogen) atoms. The maximum absolute atomic E-state index is 13.2. The third kappa shape index (κ3) is 7.37. The molecule has 1 fully saturated rings. The second-order valence-corrected chi connectivity index (χ2v) is 9.97. The van der Waals surface area contributed by atoms with Crippen molar-refractivity contribution in [1.82, 2.24) is 4.98 Å². The second kappa shape index (κ2) is 13.6. The van der Waals surface area contributed by atoms with Crippen LogP contribution in [0.15, 0.2) is 66.9 Å². The van der Waals surface area contributed by atoms with Crippen molar-refractivity contribution in [3.05, 3.63) is 77.7 Å². The van der Waals surface area contributed by atoms with Crippen LogP contribution in [0, 0.1) is 11.2 Å². The first-order valence-electron chi connectivity index (χ1n) is 12.9. The van der Waals surface area contributed by atoms with Crippen LogP contribution >= 0.6 is 11.6 Å². The number of nitrogens with one attached hydrogen (secondary N) is 2. The van der Waals surface area contributed by atoms with Crippen molar-refractivity contribution in [2.75, 3.05) is 24.4 Å². The third-order valence-corrected chi connectivity index (χ3v) is 6.99. The molecule has 0 unspecified atom stereocenters. The van der Waals surface area contributed by atoms with Gasteiger partial charge >= 0.3 is 35.5 Å². The monoisotopic (exact) mass is 617 g/mol. The van der Waals surface area contributed by atoms with Crippen LogP contribution < -0.4 is 24.8 Å². The Labute approximate surface area is 272 Å². The minimum absolute atomic E-state index is 0. The van der Waals surface area contributed by atoms with E-state index < -0.39 is 29.0 Å². The van der Waals surface area contributed by atoms with Gasteiger partial charge in [0.05, 0.1) is 30.7 Å². The molecule has 13 heteroatoms. The summed E-state index contributed by atoms with van der Waals surface area (Å²) >= 11 is 6.50. The van der Waals surface area contributed by atoms with Crippen molar-refractivity contribution in [3.8, 4) is 23.0 Å². The minimum atomic E-state index is -1.22. The van der Waals surface area contributed by atoms with Crippen LogP contribution in [-0.2, 0) is 14.4 Å². The molecule has 10 nitrogen and oxygen atoms in total. The van der Waals surface area contributed by atoms with Gasteiger partial charge < -0.3 is 30.0 Å². The molecule has 4 aromatic rings. The number of aromatic nitrogens is 1. The number of benzene rings is 3. The van der Waals surface area contributed by atoms with Crippen molar-refractivity contribution in [2.24, 2.45) is 5.41 Å². The van der Waals surface area contributed by atoms with E-state index in [4.69, 9.17) is 30.9 Å². The Balaban J connectivity index is 0.00000423. The number of pyridine rings is 1. The molecule has 1 aromatic heterocycles. The first-order chi connectivity index (χ1) is 20.2. The number of amides is 2. The molecule has 1 saturated carbocycles. The van der Waals surface area contributed by atoms with Crippen LogP contribution in [0.1, 0.15) is 19.3 Å². The van der Waals surface area contributed by atoms with Gasteiger partial charge in [-0.25, -0.2) is 4.39 Å². The number of aliphatic carboxylic acids is 1. The maximum atomic E-state index is 13.2. The number of methoxy groups -OCH3 is 1.